The molecule has 1 rings (SSSR count). The molecule has 4 nitrogen and oxygen atoms in total. The van der Waals surface area contributed by atoms with E-state index in [0.29, 0.717) is 11.1 Å². The van der Waals surface area contributed by atoms with Gasteiger partial charge in [0.05, 0.1) is 6.54 Å². The van der Waals surface area contributed by atoms with Crippen molar-refractivity contribution in [3.63, 3.8) is 0 Å². The van der Waals surface area contributed by atoms with Gasteiger partial charge in [-0.05, 0) is 32.0 Å². The molecule has 0 aliphatic carbocycles. The van der Waals surface area contributed by atoms with E-state index in [0.717, 1.165) is 0 Å². The maximum absolute atomic E-state index is 13.7. The van der Waals surface area contributed by atoms with Crippen molar-refractivity contribution in [1.29, 1.82) is 0 Å². The van der Waals surface area contributed by atoms with Gasteiger partial charge in [0.15, 0.2) is 0 Å². The normalized spacial score (nSPS) is 10.7. The first-order valence-corrected chi connectivity index (χ1v) is 6.21. The van der Waals surface area contributed by atoms with Crippen LogP contribution in [0.2, 0.25) is 0 Å². The average molecular weight is 278 g/mol. The number of carbonyl (C=O) groups is 1. The fourth-order valence-corrected chi connectivity index (χ4v) is 1.42. The highest BCUT2D eigenvalue weighted by molar-refractivity contribution is 5.84. The smallest absolute Gasteiger partial charge is 0.251 e. The first kappa shape index (κ1) is 16.2. The van der Waals surface area contributed by atoms with Crippen LogP contribution in [0.5, 0.6) is 0 Å². The number of methoxy groups -OCH3 is 1. The third-order valence-corrected chi connectivity index (χ3v) is 2.88. The average Bonchev–Trinajstić information content (AvgIpc) is 2.44. The molecule has 0 radical (unpaired) electrons. The van der Waals surface area contributed by atoms with E-state index in [1.807, 2.05) is 0 Å². The van der Waals surface area contributed by atoms with Crippen LogP contribution in [0.15, 0.2) is 18.2 Å². The molecule has 0 bridgehead atoms. The molecule has 0 unspecified atom stereocenters. The van der Waals surface area contributed by atoms with E-state index in [1.165, 1.54) is 13.2 Å². The van der Waals surface area contributed by atoms with Crippen LogP contribution in [0.3, 0.4) is 0 Å². The van der Waals surface area contributed by atoms with Crippen molar-refractivity contribution in [2.45, 2.75) is 26.0 Å². The highest BCUT2D eigenvalue weighted by atomic mass is 19.1. The molecule has 1 aromatic rings. The standard InChI is InChI=1S/C15H19FN2O2/c1-15(2,20-3)14(19)18-10-12-9-11(5-4-8-17)6-7-13(12)16/h6-7,9H,8,10,17H2,1-3H3,(H,18,19). The molecule has 1 aromatic carbocycles. The van der Waals surface area contributed by atoms with Gasteiger partial charge in [0.1, 0.15) is 11.4 Å². The monoisotopic (exact) mass is 278 g/mol. The fraction of sp³-hybridized carbons (Fsp3) is 0.400. The predicted molar refractivity (Wildman–Crippen MR) is 75.3 cm³/mol. The van der Waals surface area contributed by atoms with E-state index in [4.69, 9.17) is 10.5 Å². The predicted octanol–water partition coefficient (Wildman–Crippen LogP) is 1.18. The number of ether oxygens (including phenoxy) is 1. The molecule has 0 aromatic heterocycles. The third-order valence-electron chi connectivity index (χ3n) is 2.88. The maximum atomic E-state index is 13.7. The summed E-state index contributed by atoms with van der Waals surface area (Å²) in [6.45, 7) is 3.60. The van der Waals surface area contributed by atoms with Gasteiger partial charge in [-0.1, -0.05) is 11.8 Å². The molecule has 0 aliphatic heterocycles. The molecular weight excluding hydrogens is 259 g/mol. The Morgan fingerprint density at radius 2 is 2.20 bits per heavy atom. The molecule has 1 amide bonds. The molecule has 0 saturated heterocycles. The second-order valence-corrected chi connectivity index (χ2v) is 4.71. The number of rotatable bonds is 4. The van der Waals surface area contributed by atoms with Gasteiger partial charge >= 0.3 is 0 Å². The number of nitrogens with one attached hydrogen (secondary N) is 1. The number of amides is 1. The number of nitrogens with two attached hydrogens (primary N) is 1. The number of hydrogen-bond acceptors (Lipinski definition) is 3. The second-order valence-electron chi connectivity index (χ2n) is 4.71. The minimum Gasteiger partial charge on any atom is -0.369 e. The van der Waals surface area contributed by atoms with Crippen molar-refractivity contribution < 1.29 is 13.9 Å². The Labute approximate surface area is 118 Å². The third kappa shape index (κ3) is 4.34. The lowest BCUT2D eigenvalue weighted by atomic mass is 10.1. The van der Waals surface area contributed by atoms with E-state index in [9.17, 15) is 9.18 Å². The summed E-state index contributed by atoms with van der Waals surface area (Å²) in [4.78, 5) is 11.8. The zero-order chi connectivity index (χ0) is 15.2. The van der Waals surface area contributed by atoms with E-state index < -0.39 is 5.60 Å². The molecule has 0 atom stereocenters. The summed E-state index contributed by atoms with van der Waals surface area (Å²) < 4.78 is 18.7. The summed E-state index contributed by atoms with van der Waals surface area (Å²) in [5, 5.41) is 2.64. The van der Waals surface area contributed by atoms with E-state index >= 15 is 0 Å². The molecule has 0 saturated carbocycles. The summed E-state index contributed by atoms with van der Waals surface area (Å²) in [6.07, 6.45) is 0. The quantitative estimate of drug-likeness (QED) is 0.813. The molecule has 20 heavy (non-hydrogen) atoms. The van der Waals surface area contributed by atoms with Crippen LogP contribution in [0.4, 0.5) is 4.39 Å². The largest absolute Gasteiger partial charge is 0.369 e. The Bertz CT molecular complexity index is 545. The van der Waals surface area contributed by atoms with Crippen LogP contribution in [0.1, 0.15) is 25.0 Å². The van der Waals surface area contributed by atoms with Crippen LogP contribution in [-0.4, -0.2) is 25.2 Å². The van der Waals surface area contributed by atoms with Gasteiger partial charge in [0.25, 0.3) is 5.91 Å². The van der Waals surface area contributed by atoms with Crippen LogP contribution in [0.25, 0.3) is 0 Å². The van der Waals surface area contributed by atoms with Crippen molar-refractivity contribution in [3.05, 3.63) is 35.1 Å². The Morgan fingerprint density at radius 3 is 2.80 bits per heavy atom. The number of benzene rings is 1. The second kappa shape index (κ2) is 7.04. The lowest BCUT2D eigenvalue weighted by Crippen LogP contribution is -2.43. The Hall–Kier alpha value is -1.90. The Morgan fingerprint density at radius 1 is 1.50 bits per heavy atom. The lowest BCUT2D eigenvalue weighted by molar-refractivity contribution is -0.139. The van der Waals surface area contributed by atoms with Crippen LogP contribution in [-0.2, 0) is 16.1 Å². The van der Waals surface area contributed by atoms with Gasteiger partial charge in [0, 0.05) is 24.8 Å². The Balaban J connectivity index is 2.80. The molecule has 3 N–H and O–H groups in total. The minimum atomic E-state index is -0.951. The van der Waals surface area contributed by atoms with Gasteiger partial charge in [-0.3, -0.25) is 4.79 Å². The van der Waals surface area contributed by atoms with Crippen molar-refractivity contribution in [1.82, 2.24) is 5.32 Å². The molecule has 108 valence electrons. The highest BCUT2D eigenvalue weighted by Crippen LogP contribution is 2.12. The highest BCUT2D eigenvalue weighted by Gasteiger charge is 2.26. The lowest BCUT2D eigenvalue weighted by Gasteiger charge is -2.21. The first-order valence-electron chi connectivity index (χ1n) is 6.21. The number of hydrogen-bond donors (Lipinski definition) is 2. The van der Waals surface area contributed by atoms with Crippen molar-refractivity contribution >= 4 is 5.91 Å². The van der Waals surface area contributed by atoms with Gasteiger partial charge in [-0.2, -0.15) is 0 Å². The van der Waals surface area contributed by atoms with Crippen molar-refractivity contribution in [2.75, 3.05) is 13.7 Å². The van der Waals surface area contributed by atoms with Crippen LogP contribution in [0, 0.1) is 17.7 Å². The summed E-state index contributed by atoms with van der Waals surface area (Å²) in [5.41, 5.74) is 5.37. The zero-order valence-electron chi connectivity index (χ0n) is 11.9. The van der Waals surface area contributed by atoms with Gasteiger partial charge in [-0.25, -0.2) is 4.39 Å². The van der Waals surface area contributed by atoms with Crippen molar-refractivity contribution in [3.8, 4) is 11.8 Å². The van der Waals surface area contributed by atoms with Crippen molar-refractivity contribution in [2.24, 2.45) is 5.73 Å². The van der Waals surface area contributed by atoms with E-state index in [1.54, 1.807) is 26.0 Å². The van der Waals surface area contributed by atoms with Gasteiger partial charge in [0.2, 0.25) is 0 Å². The number of carbonyl (C=O) groups excluding carboxylic acids is 1. The van der Waals surface area contributed by atoms with Crippen LogP contribution >= 0.6 is 0 Å². The fourth-order valence-electron chi connectivity index (χ4n) is 1.42. The molecule has 0 fully saturated rings. The summed E-state index contributed by atoms with van der Waals surface area (Å²) in [7, 11) is 1.45. The Kier molecular flexibility index (Phi) is 5.68. The summed E-state index contributed by atoms with van der Waals surface area (Å²) in [6, 6.07) is 4.49. The number of halogens is 1. The van der Waals surface area contributed by atoms with E-state index in [-0.39, 0.29) is 24.8 Å². The summed E-state index contributed by atoms with van der Waals surface area (Å²) >= 11 is 0. The molecule has 5 heteroatoms. The maximum Gasteiger partial charge on any atom is 0.251 e. The summed E-state index contributed by atoms with van der Waals surface area (Å²) in [5.74, 6) is 4.82. The topological polar surface area (TPSA) is 64.3 Å². The molecular formula is C15H19FN2O2. The molecule has 0 aliphatic rings. The van der Waals surface area contributed by atoms with E-state index in [2.05, 4.69) is 17.2 Å². The van der Waals surface area contributed by atoms with Crippen LogP contribution < -0.4 is 11.1 Å². The first-order chi connectivity index (χ1) is 9.40. The zero-order valence-corrected chi connectivity index (χ0v) is 11.9. The molecule has 0 heterocycles. The van der Waals surface area contributed by atoms with Gasteiger partial charge < -0.3 is 15.8 Å². The molecule has 0 spiro atoms. The van der Waals surface area contributed by atoms with Gasteiger partial charge in [-0.15, -0.1) is 0 Å². The SMILES string of the molecule is COC(C)(C)C(=O)NCc1cc(C#CCN)ccc1F. The minimum absolute atomic E-state index is 0.0790.